The van der Waals surface area contributed by atoms with Crippen LogP contribution in [-0.4, -0.2) is 32.0 Å². The van der Waals surface area contributed by atoms with Gasteiger partial charge >= 0.3 is 409 Å². The third kappa shape index (κ3) is 7.94. The fraction of sp³-hybridized carbons (Fsp3) is 0.466. The second-order valence-electron chi connectivity index (χ2n) is 22.1. The van der Waals surface area contributed by atoms with Gasteiger partial charge in [-0.2, -0.15) is 0 Å². The molecule has 9 heteroatoms. The van der Waals surface area contributed by atoms with Gasteiger partial charge in [0.25, 0.3) is 0 Å². The van der Waals surface area contributed by atoms with Crippen molar-refractivity contribution < 1.29 is 17.3 Å². The normalized spacial score (nSPS) is 20.1. The van der Waals surface area contributed by atoms with Crippen molar-refractivity contribution >= 4 is 45.8 Å². The number of allylic oxidation sites excluding steroid dienone is 4. The molecule has 0 saturated carbocycles. The van der Waals surface area contributed by atoms with Gasteiger partial charge in [0, 0.05) is 0 Å². The maximum absolute atomic E-state index is 15.6. The summed E-state index contributed by atoms with van der Waals surface area (Å²) in [6, 6.07) is 26.7. The molecule has 1 N–H and O–H groups in total. The summed E-state index contributed by atoms with van der Waals surface area (Å²) in [5.41, 5.74) is 16.9. The number of benzene rings is 4. The quantitative estimate of drug-likeness (QED) is 0.143. The fourth-order valence-electron chi connectivity index (χ4n) is 11.3. The van der Waals surface area contributed by atoms with Crippen molar-refractivity contribution in [2.24, 2.45) is 0 Å². The van der Waals surface area contributed by atoms with E-state index in [1.54, 1.807) is 0 Å². The van der Waals surface area contributed by atoms with Crippen LogP contribution in [0.25, 0.3) is 0 Å². The molecule has 3 aliphatic heterocycles. The van der Waals surface area contributed by atoms with Crippen molar-refractivity contribution in [3.63, 3.8) is 0 Å². The van der Waals surface area contributed by atoms with Crippen LogP contribution in [0.3, 0.4) is 0 Å². The van der Waals surface area contributed by atoms with Gasteiger partial charge in [-0.1, -0.05) is 0 Å². The first kappa shape index (κ1) is 50.4. The molecule has 0 aromatic heterocycles. The second kappa shape index (κ2) is 18.1. The summed E-state index contributed by atoms with van der Waals surface area (Å²) in [7, 11) is -10.1. The molecular formula is C58H82N4O3Si2. The Morgan fingerprint density at radius 3 is 1.12 bits per heavy atom. The Balaban J connectivity index is 1.74. The average molecular weight is 939 g/mol. The van der Waals surface area contributed by atoms with Gasteiger partial charge in [-0.3, -0.25) is 0 Å². The minimum absolute atomic E-state index is 0.130. The zero-order chi connectivity index (χ0) is 49.4. The van der Waals surface area contributed by atoms with Crippen molar-refractivity contribution in [2.75, 3.05) is 13.7 Å². The molecule has 360 valence electrons. The van der Waals surface area contributed by atoms with E-state index < -0.39 is 17.3 Å². The van der Waals surface area contributed by atoms with E-state index in [1.807, 2.05) is 0 Å². The standard InChI is InChI=1S/C58H82N4O3Si2/c1-35(2)47-25-21-26-48(36(3)4)55(47)59-43(17)33-44(18)60(56-49(37(5)6)27-22-28-50(56)38(7)8)66(59)64-67(63,65-66)61(57-51(39(9)10)29-23-30-52(57)40(11)12)45(19)34-46(20)62(67)58-53(41(13)14)31-24-32-54(58)42(15)16/h21-42,63H,17H2,1-16,18-20H3. The monoisotopic (exact) mass is 939 g/mol. The molecule has 4 aromatic rings. The van der Waals surface area contributed by atoms with Crippen molar-refractivity contribution in [3.05, 3.63) is 153 Å². The van der Waals surface area contributed by atoms with Crippen LogP contribution in [0, 0.1) is 0 Å². The molecular weight excluding hydrogens is 857 g/mol. The summed E-state index contributed by atoms with van der Waals surface area (Å²) in [6.07, 6.45) is 4.44. The van der Waals surface area contributed by atoms with Gasteiger partial charge in [0.05, 0.1) is 0 Å². The summed E-state index contributed by atoms with van der Waals surface area (Å²) in [6.45, 7) is 47.5. The summed E-state index contributed by atoms with van der Waals surface area (Å²) in [5.74, 6) is 1.21. The number of nitrogens with zero attached hydrogens (tertiary/aromatic N) is 4. The maximum atomic E-state index is 15.6. The predicted octanol–water partition coefficient (Wildman–Crippen LogP) is 16.0. The zero-order valence-corrected chi connectivity index (χ0v) is 46.5. The van der Waals surface area contributed by atoms with Gasteiger partial charge in [-0.05, 0) is 0 Å². The molecule has 3 aliphatic rings. The van der Waals surface area contributed by atoms with Crippen LogP contribution in [0.2, 0.25) is 0 Å². The van der Waals surface area contributed by atoms with Crippen LogP contribution in [0.1, 0.15) is 223 Å². The van der Waals surface area contributed by atoms with Crippen LogP contribution >= 0.6 is 0 Å². The molecule has 7 rings (SSSR count). The molecule has 4 aromatic carbocycles. The van der Waals surface area contributed by atoms with E-state index in [0.717, 1.165) is 67.8 Å². The molecule has 0 aliphatic carbocycles. The first-order chi connectivity index (χ1) is 31.3. The van der Waals surface area contributed by atoms with Gasteiger partial charge in [0.1, 0.15) is 0 Å². The van der Waals surface area contributed by atoms with Crippen LogP contribution in [0.4, 0.5) is 22.7 Å². The minimum atomic E-state index is -5.85. The number of para-hydroxylation sites is 4. The van der Waals surface area contributed by atoms with E-state index >= 15 is 4.80 Å². The predicted molar refractivity (Wildman–Crippen MR) is 289 cm³/mol. The fourth-order valence-corrected chi connectivity index (χ4v) is 23.0. The molecule has 3 heterocycles. The second-order valence-corrected chi connectivity index (χ2v) is 28.5. The first-order valence-corrected chi connectivity index (χ1v) is 29.1. The van der Waals surface area contributed by atoms with E-state index in [0.29, 0.717) is 0 Å². The Bertz CT molecular complexity index is 2570. The summed E-state index contributed by atoms with van der Waals surface area (Å²) in [5, 5.41) is 0. The van der Waals surface area contributed by atoms with E-state index in [2.05, 4.69) is 234 Å². The molecule has 1 fully saturated rings. The van der Waals surface area contributed by atoms with Crippen LogP contribution < -0.4 is 13.7 Å². The number of hydrogen-bond acceptors (Lipinski definition) is 6. The Hall–Kier alpha value is -4.52. The van der Waals surface area contributed by atoms with Gasteiger partial charge in [0.15, 0.2) is 0 Å². The third-order valence-electron chi connectivity index (χ3n) is 14.4. The molecule has 1 saturated heterocycles. The van der Waals surface area contributed by atoms with Gasteiger partial charge in [0.2, 0.25) is 0 Å². The van der Waals surface area contributed by atoms with E-state index in [9.17, 15) is 0 Å². The number of anilines is 3. The van der Waals surface area contributed by atoms with Crippen LogP contribution in [0.5, 0.6) is 0 Å². The Labute approximate surface area is 406 Å². The summed E-state index contributed by atoms with van der Waals surface area (Å²) >= 11 is 0. The zero-order valence-electron chi connectivity index (χ0n) is 44.5. The topological polar surface area (TPSA) is 51.4 Å². The van der Waals surface area contributed by atoms with Crippen LogP contribution in [0.15, 0.2) is 109 Å². The molecule has 2 spiro atoms. The molecule has 0 bridgehead atoms. The molecule has 0 atom stereocenters. The summed E-state index contributed by atoms with van der Waals surface area (Å²) in [4.78, 5) is 15.6. The van der Waals surface area contributed by atoms with E-state index in [4.69, 9.17) is 14.8 Å². The van der Waals surface area contributed by atoms with Crippen LogP contribution in [-0.2, 0) is 8.23 Å². The Morgan fingerprint density at radius 2 is 0.776 bits per heavy atom. The van der Waals surface area contributed by atoms with Crippen molar-refractivity contribution in [1.82, 2.24) is 0 Å². The molecule has 0 radical (unpaired) electrons. The average Bonchev–Trinajstić information content (AvgIpc) is 3.22. The van der Waals surface area contributed by atoms with Gasteiger partial charge < -0.3 is 0 Å². The Morgan fingerprint density at radius 1 is 0.463 bits per heavy atom. The molecule has 67 heavy (non-hydrogen) atoms. The number of rotatable bonds is 12. The van der Waals surface area contributed by atoms with Gasteiger partial charge in [-0.25, -0.2) is 0 Å². The van der Waals surface area contributed by atoms with E-state index in [-0.39, 0.29) is 47.3 Å². The number of hydrogen-bond donors (Lipinski definition) is 1. The summed E-state index contributed by atoms with van der Waals surface area (Å²) < 4.78 is 26.3. The third-order valence-corrected chi connectivity index (χ3v) is 24.2. The first-order valence-electron chi connectivity index (χ1n) is 25.3. The molecule has 7 nitrogen and oxygen atoms in total. The van der Waals surface area contributed by atoms with Gasteiger partial charge in [-0.15, -0.1) is 0 Å². The van der Waals surface area contributed by atoms with Crippen molar-refractivity contribution in [2.45, 2.75) is 179 Å². The molecule has 0 unspecified atom stereocenters. The van der Waals surface area contributed by atoms with Crippen molar-refractivity contribution in [3.8, 4) is 0 Å². The van der Waals surface area contributed by atoms with E-state index in [1.165, 1.54) is 22.3 Å². The SMILES string of the molecule is C=C1C=C(C)N(c2c(C(C)C)cccc2C(C)C)[Si]2(O[Si-]3(O)(O2)N(c2c(C(C)C)cccc2C(C)C)C(C)=CC(C)=[N+]3c2c(C(C)C)cccc2C(C)C)N1c1c(C(C)C)cccc1C(C)C. The molecule has 0 amide bonds. The Kier molecular flexibility index (Phi) is 13.6. The van der Waals surface area contributed by atoms with Crippen molar-refractivity contribution in [1.29, 1.82) is 0 Å².